The van der Waals surface area contributed by atoms with E-state index in [1.807, 2.05) is 30.3 Å². The molecule has 1 aliphatic carbocycles. The molecule has 1 aliphatic rings. The van der Waals surface area contributed by atoms with Gasteiger partial charge in [0, 0.05) is 6.42 Å². The number of amides is 2. The van der Waals surface area contributed by atoms with Crippen molar-refractivity contribution in [2.24, 2.45) is 5.16 Å². The zero-order valence-electron chi connectivity index (χ0n) is 17.0. The minimum Gasteiger partial charge on any atom is -0.444 e. The first-order valence-corrected chi connectivity index (χ1v) is 10.4. The van der Waals surface area contributed by atoms with Crippen molar-refractivity contribution >= 4 is 29.0 Å². The summed E-state index contributed by atoms with van der Waals surface area (Å²) in [6.07, 6.45) is -1.65. The van der Waals surface area contributed by atoms with Crippen LogP contribution in [0.3, 0.4) is 0 Å². The SMILES string of the molecule is CC(C)(C)OC(=O)N[C@@H](Cc1ccccc1)C(=O)N[C@@H]1c2ccsc2/C(=N/O)[C@@H]1O. The van der Waals surface area contributed by atoms with Crippen LogP contribution < -0.4 is 10.6 Å². The summed E-state index contributed by atoms with van der Waals surface area (Å²) in [5, 5.41) is 30.1. The maximum Gasteiger partial charge on any atom is 0.408 e. The fraction of sp³-hybridized carbons (Fsp3) is 0.381. The molecule has 160 valence electrons. The van der Waals surface area contributed by atoms with Gasteiger partial charge in [-0.05, 0) is 43.3 Å². The maximum absolute atomic E-state index is 13.1. The highest BCUT2D eigenvalue weighted by atomic mass is 32.1. The molecule has 3 rings (SSSR count). The van der Waals surface area contributed by atoms with Crippen molar-refractivity contribution in [2.75, 3.05) is 0 Å². The topological polar surface area (TPSA) is 120 Å². The summed E-state index contributed by atoms with van der Waals surface area (Å²) in [6.45, 7) is 5.21. The first-order valence-electron chi connectivity index (χ1n) is 9.51. The lowest BCUT2D eigenvalue weighted by Gasteiger charge is -2.25. The lowest BCUT2D eigenvalue weighted by Crippen LogP contribution is -2.51. The number of nitrogens with one attached hydrogen (secondary N) is 2. The first kappa shape index (κ1) is 21.8. The molecule has 1 aromatic carbocycles. The quantitative estimate of drug-likeness (QED) is 0.428. The average molecular weight is 432 g/mol. The minimum atomic E-state index is -1.18. The molecule has 0 saturated carbocycles. The Hall–Kier alpha value is -2.91. The molecule has 0 spiro atoms. The Balaban J connectivity index is 1.79. The molecule has 3 atom stereocenters. The van der Waals surface area contributed by atoms with E-state index in [0.717, 1.165) is 5.56 Å². The average Bonchev–Trinajstić information content (AvgIpc) is 3.22. The number of aliphatic hydroxyl groups is 1. The number of thiophene rings is 1. The third-order valence-electron chi connectivity index (χ3n) is 4.55. The van der Waals surface area contributed by atoms with E-state index in [2.05, 4.69) is 15.8 Å². The van der Waals surface area contributed by atoms with Gasteiger partial charge in [0.15, 0.2) is 0 Å². The van der Waals surface area contributed by atoms with E-state index < -0.39 is 35.8 Å². The molecule has 4 N–H and O–H groups in total. The minimum absolute atomic E-state index is 0.116. The van der Waals surface area contributed by atoms with E-state index in [9.17, 15) is 19.9 Å². The number of carbonyl (C=O) groups excluding carboxylic acids is 2. The number of ether oxygens (including phenoxy) is 1. The second kappa shape index (κ2) is 8.85. The Labute approximate surface area is 178 Å². The van der Waals surface area contributed by atoms with Crippen LogP contribution in [0.15, 0.2) is 46.9 Å². The van der Waals surface area contributed by atoms with E-state index in [0.29, 0.717) is 10.4 Å². The van der Waals surface area contributed by atoms with E-state index >= 15 is 0 Å². The normalized spacial score (nSPS) is 20.5. The van der Waals surface area contributed by atoms with Crippen LogP contribution in [0.5, 0.6) is 0 Å². The molecule has 0 saturated heterocycles. The zero-order chi connectivity index (χ0) is 21.9. The molecule has 9 heteroatoms. The van der Waals surface area contributed by atoms with E-state index in [1.54, 1.807) is 32.2 Å². The molecule has 0 radical (unpaired) electrons. The van der Waals surface area contributed by atoms with Gasteiger partial charge >= 0.3 is 6.09 Å². The van der Waals surface area contributed by atoms with Crippen LogP contribution in [-0.4, -0.2) is 45.8 Å². The molecule has 2 aromatic rings. The van der Waals surface area contributed by atoms with Crippen LogP contribution in [0.25, 0.3) is 0 Å². The number of benzene rings is 1. The van der Waals surface area contributed by atoms with Gasteiger partial charge in [-0.1, -0.05) is 35.5 Å². The molecule has 0 bridgehead atoms. The monoisotopic (exact) mass is 431 g/mol. The summed E-state index contributed by atoms with van der Waals surface area (Å²) < 4.78 is 5.30. The summed E-state index contributed by atoms with van der Waals surface area (Å²) in [4.78, 5) is 26.0. The fourth-order valence-corrected chi connectivity index (χ4v) is 4.22. The van der Waals surface area contributed by atoms with Crippen molar-refractivity contribution in [2.45, 2.75) is 51.0 Å². The summed E-state index contributed by atoms with van der Waals surface area (Å²) in [6, 6.07) is 9.34. The van der Waals surface area contributed by atoms with Crippen molar-refractivity contribution in [1.82, 2.24) is 10.6 Å². The summed E-state index contributed by atoms with van der Waals surface area (Å²) in [7, 11) is 0. The number of hydrogen-bond acceptors (Lipinski definition) is 7. The summed E-state index contributed by atoms with van der Waals surface area (Å²) in [5.41, 5.74) is 0.932. The Bertz CT molecular complexity index is 936. The highest BCUT2D eigenvalue weighted by molar-refractivity contribution is 7.12. The summed E-state index contributed by atoms with van der Waals surface area (Å²) >= 11 is 1.32. The van der Waals surface area contributed by atoms with Crippen molar-refractivity contribution < 1.29 is 24.6 Å². The number of rotatable bonds is 5. The highest BCUT2D eigenvalue weighted by Gasteiger charge is 2.40. The van der Waals surface area contributed by atoms with Gasteiger partial charge < -0.3 is 25.7 Å². The Morgan fingerprint density at radius 1 is 1.23 bits per heavy atom. The van der Waals surface area contributed by atoms with Gasteiger partial charge in [0.2, 0.25) is 5.91 Å². The van der Waals surface area contributed by atoms with Crippen LogP contribution in [0.2, 0.25) is 0 Å². The molecule has 2 amide bonds. The Morgan fingerprint density at radius 3 is 2.57 bits per heavy atom. The molecule has 0 fully saturated rings. The van der Waals surface area contributed by atoms with Crippen molar-refractivity contribution in [1.29, 1.82) is 0 Å². The standard InChI is InChI=1S/C21H25N3O5S/c1-21(2,3)29-20(27)22-14(11-12-7-5-4-6-8-12)19(26)23-15-13-9-10-30-18(13)16(24-28)17(15)25/h4-10,14-15,17,25,28H,11H2,1-3H3,(H,22,27)(H,23,26)/b24-16+/t14-,15+,17+/m0/s1. The van der Waals surface area contributed by atoms with Crippen molar-refractivity contribution in [3.8, 4) is 0 Å². The number of hydrogen-bond donors (Lipinski definition) is 4. The second-order valence-corrected chi connectivity index (χ2v) is 8.93. The number of alkyl carbamates (subject to hydrolysis) is 1. The predicted octanol–water partition coefficient (Wildman–Crippen LogP) is 2.59. The molecular weight excluding hydrogens is 406 g/mol. The summed E-state index contributed by atoms with van der Waals surface area (Å²) in [5.74, 6) is -0.481. The number of aliphatic hydroxyl groups excluding tert-OH is 1. The van der Waals surface area contributed by atoms with Gasteiger partial charge in [0.1, 0.15) is 23.5 Å². The highest BCUT2D eigenvalue weighted by Crippen LogP contribution is 2.35. The number of oxime groups is 1. The predicted molar refractivity (Wildman–Crippen MR) is 113 cm³/mol. The fourth-order valence-electron chi connectivity index (χ4n) is 3.26. The van der Waals surface area contributed by atoms with Crippen molar-refractivity contribution in [3.63, 3.8) is 0 Å². The van der Waals surface area contributed by atoms with Crippen LogP contribution in [0, 0.1) is 0 Å². The first-order chi connectivity index (χ1) is 14.2. The smallest absolute Gasteiger partial charge is 0.408 e. The van der Waals surface area contributed by atoms with E-state index in [-0.39, 0.29) is 12.1 Å². The van der Waals surface area contributed by atoms with Gasteiger partial charge in [-0.25, -0.2) is 4.79 Å². The second-order valence-electron chi connectivity index (χ2n) is 8.01. The van der Waals surface area contributed by atoms with E-state index in [1.165, 1.54) is 11.3 Å². The molecule has 8 nitrogen and oxygen atoms in total. The number of nitrogens with zero attached hydrogens (tertiary/aromatic N) is 1. The van der Waals surface area contributed by atoms with Gasteiger partial charge in [0.25, 0.3) is 0 Å². The van der Waals surface area contributed by atoms with E-state index in [4.69, 9.17) is 4.74 Å². The molecule has 0 aliphatic heterocycles. The van der Waals surface area contributed by atoms with Gasteiger partial charge in [-0.2, -0.15) is 0 Å². The molecule has 1 aromatic heterocycles. The largest absolute Gasteiger partial charge is 0.444 e. The third kappa shape index (κ3) is 4.98. The zero-order valence-corrected chi connectivity index (χ0v) is 17.8. The van der Waals surface area contributed by atoms with Crippen LogP contribution in [0.4, 0.5) is 4.79 Å². The Kier molecular flexibility index (Phi) is 6.42. The van der Waals surface area contributed by atoms with Crippen LogP contribution in [0.1, 0.15) is 42.8 Å². The van der Waals surface area contributed by atoms with Crippen molar-refractivity contribution in [3.05, 3.63) is 57.8 Å². The number of carbonyl (C=O) groups is 2. The third-order valence-corrected chi connectivity index (χ3v) is 5.51. The Morgan fingerprint density at radius 2 is 1.93 bits per heavy atom. The lowest BCUT2D eigenvalue weighted by atomic mass is 10.0. The molecule has 0 unspecified atom stereocenters. The molecular formula is C21H25N3O5S. The molecule has 30 heavy (non-hydrogen) atoms. The van der Waals surface area contributed by atoms with Crippen LogP contribution in [-0.2, 0) is 16.0 Å². The number of fused-ring (bicyclic) bond motifs is 1. The van der Waals surface area contributed by atoms with Crippen LogP contribution >= 0.6 is 11.3 Å². The van der Waals surface area contributed by atoms with Gasteiger partial charge in [-0.15, -0.1) is 11.3 Å². The maximum atomic E-state index is 13.1. The van der Waals surface area contributed by atoms with Gasteiger partial charge in [-0.3, -0.25) is 4.79 Å². The van der Waals surface area contributed by atoms with Gasteiger partial charge in [0.05, 0.1) is 10.9 Å². The molecule has 1 heterocycles. The lowest BCUT2D eigenvalue weighted by molar-refractivity contribution is -0.124.